The molecule has 1 unspecified atom stereocenters. The number of hydrogen-bond donors (Lipinski definition) is 5. The molecule has 11 nitrogen and oxygen atoms in total. The Kier molecular flexibility index (Phi) is 7.42. The summed E-state index contributed by atoms with van der Waals surface area (Å²) in [4.78, 5) is 47.7. The first-order chi connectivity index (χ1) is 15.5. The molecular formula is C22H30N4O7. The Balaban J connectivity index is 1.59. The van der Waals surface area contributed by atoms with Crippen LogP contribution in [-0.2, 0) is 25.5 Å². The topological polar surface area (TPSA) is 155 Å². The fourth-order valence-electron chi connectivity index (χ4n) is 3.44. The number of anilines is 1. The smallest absolute Gasteiger partial charge is 0.407 e. The van der Waals surface area contributed by atoms with Gasteiger partial charge in [-0.1, -0.05) is 26.8 Å². The maximum Gasteiger partial charge on any atom is 0.407 e. The zero-order chi connectivity index (χ0) is 24.2. The van der Waals surface area contributed by atoms with E-state index in [9.17, 15) is 24.3 Å². The van der Waals surface area contributed by atoms with Crippen molar-refractivity contribution in [1.29, 1.82) is 0 Å². The molecule has 33 heavy (non-hydrogen) atoms. The Morgan fingerprint density at radius 1 is 1.24 bits per heavy atom. The molecule has 0 bridgehead atoms. The molecule has 0 saturated carbocycles. The van der Waals surface area contributed by atoms with Crippen LogP contribution in [0, 0.1) is 5.41 Å². The summed E-state index contributed by atoms with van der Waals surface area (Å²) in [6.07, 6.45) is -0.728. The van der Waals surface area contributed by atoms with Gasteiger partial charge in [-0.2, -0.15) is 0 Å². The number of nitrogens with one attached hydrogen (secondary N) is 4. The Bertz CT molecular complexity index is 928. The molecule has 0 spiro atoms. The SMILES string of the molecule is CC(C)(C)COC(=O)N[C@@H](Cc1ccc2c(c1)NC(=O)[C@@H](CCC1NCNC1=O)O2)C(=O)O. The van der Waals surface area contributed by atoms with E-state index in [1.54, 1.807) is 18.2 Å². The van der Waals surface area contributed by atoms with Gasteiger partial charge in [-0.05, 0) is 36.0 Å². The minimum atomic E-state index is -1.20. The summed E-state index contributed by atoms with van der Waals surface area (Å²) in [5.74, 6) is -1.18. The lowest BCUT2D eigenvalue weighted by atomic mass is 9.99. The van der Waals surface area contributed by atoms with Gasteiger partial charge in [0, 0.05) is 6.42 Å². The summed E-state index contributed by atoms with van der Waals surface area (Å²) in [5.41, 5.74) is 0.765. The third kappa shape index (κ3) is 6.82. The number of hydrogen-bond acceptors (Lipinski definition) is 7. The van der Waals surface area contributed by atoms with E-state index in [2.05, 4.69) is 21.3 Å². The number of rotatable bonds is 8. The van der Waals surface area contributed by atoms with Crippen molar-refractivity contribution in [1.82, 2.24) is 16.0 Å². The maximum atomic E-state index is 12.5. The van der Waals surface area contributed by atoms with Crippen LogP contribution < -0.4 is 26.0 Å². The Labute approximate surface area is 191 Å². The minimum absolute atomic E-state index is 0.00497. The molecule has 11 heteroatoms. The molecule has 180 valence electrons. The van der Waals surface area contributed by atoms with Crippen LogP contribution in [0.3, 0.4) is 0 Å². The predicted molar refractivity (Wildman–Crippen MR) is 118 cm³/mol. The standard InChI is InChI=1S/C22H30N4O7/c1-22(2,3)10-32-21(31)26-15(20(29)30)9-12-4-6-16-14(8-12)25-19(28)17(33-16)7-5-13-18(27)24-11-23-13/h4,6,8,13,15,17,23H,5,7,9-11H2,1-3H3,(H,24,27)(H,25,28)(H,26,31)(H,29,30)/t13?,15-,17+/m0/s1. The molecule has 0 aliphatic carbocycles. The molecule has 1 saturated heterocycles. The monoisotopic (exact) mass is 462 g/mol. The van der Waals surface area contributed by atoms with Crippen LogP contribution in [-0.4, -0.2) is 60.4 Å². The molecule has 1 fully saturated rings. The highest BCUT2D eigenvalue weighted by Crippen LogP contribution is 2.32. The molecule has 2 aliphatic heterocycles. The zero-order valence-corrected chi connectivity index (χ0v) is 18.9. The number of ether oxygens (including phenoxy) is 2. The van der Waals surface area contributed by atoms with Gasteiger partial charge < -0.3 is 30.5 Å². The van der Waals surface area contributed by atoms with E-state index < -0.39 is 24.2 Å². The normalized spacial score (nSPS) is 20.7. The van der Waals surface area contributed by atoms with Gasteiger partial charge in [0.1, 0.15) is 11.8 Å². The van der Waals surface area contributed by atoms with Crippen LogP contribution >= 0.6 is 0 Å². The second-order valence-corrected chi connectivity index (χ2v) is 9.35. The summed E-state index contributed by atoms with van der Waals surface area (Å²) in [5, 5.41) is 20.3. The van der Waals surface area contributed by atoms with Gasteiger partial charge in [-0.15, -0.1) is 0 Å². The Morgan fingerprint density at radius 3 is 2.64 bits per heavy atom. The number of benzene rings is 1. The third-order valence-electron chi connectivity index (χ3n) is 5.17. The van der Waals surface area contributed by atoms with Gasteiger partial charge in [0.05, 0.1) is 25.0 Å². The van der Waals surface area contributed by atoms with E-state index in [0.717, 1.165) is 0 Å². The second-order valence-electron chi connectivity index (χ2n) is 9.35. The average Bonchev–Trinajstić information content (AvgIpc) is 3.14. The highest BCUT2D eigenvalue weighted by atomic mass is 16.5. The summed E-state index contributed by atoms with van der Waals surface area (Å²) in [7, 11) is 0. The van der Waals surface area contributed by atoms with Crippen LogP contribution in [0.5, 0.6) is 5.75 Å². The van der Waals surface area contributed by atoms with Crippen molar-refractivity contribution >= 4 is 29.6 Å². The van der Waals surface area contributed by atoms with Crippen molar-refractivity contribution in [2.24, 2.45) is 5.41 Å². The number of alkyl carbamates (subject to hydrolysis) is 1. The molecule has 1 aromatic rings. The van der Waals surface area contributed by atoms with Crippen molar-refractivity contribution in [2.45, 2.75) is 58.2 Å². The van der Waals surface area contributed by atoms with Crippen molar-refractivity contribution < 1.29 is 33.8 Å². The minimum Gasteiger partial charge on any atom is -0.480 e. The maximum absolute atomic E-state index is 12.5. The first-order valence-corrected chi connectivity index (χ1v) is 10.8. The molecule has 3 atom stereocenters. The lowest BCUT2D eigenvalue weighted by molar-refractivity contribution is -0.139. The van der Waals surface area contributed by atoms with Crippen LogP contribution in [0.1, 0.15) is 39.2 Å². The number of fused-ring (bicyclic) bond motifs is 1. The van der Waals surface area contributed by atoms with Gasteiger partial charge >= 0.3 is 12.1 Å². The number of amides is 3. The molecule has 1 aromatic carbocycles. The fourth-order valence-corrected chi connectivity index (χ4v) is 3.44. The van der Waals surface area contributed by atoms with E-state index in [-0.39, 0.29) is 36.3 Å². The second kappa shape index (κ2) is 10.1. The summed E-state index contributed by atoms with van der Waals surface area (Å²) in [6.45, 7) is 6.24. The average molecular weight is 463 g/mol. The van der Waals surface area contributed by atoms with E-state index in [0.29, 0.717) is 36.5 Å². The van der Waals surface area contributed by atoms with Crippen molar-refractivity contribution in [3.8, 4) is 5.75 Å². The highest BCUT2D eigenvalue weighted by Gasteiger charge is 2.31. The molecular weight excluding hydrogens is 432 g/mol. The summed E-state index contributed by atoms with van der Waals surface area (Å²) < 4.78 is 10.9. The molecule has 0 radical (unpaired) electrons. The van der Waals surface area contributed by atoms with Gasteiger partial charge in [-0.25, -0.2) is 9.59 Å². The molecule has 0 aromatic heterocycles. The molecule has 5 N–H and O–H groups in total. The molecule has 3 rings (SSSR count). The van der Waals surface area contributed by atoms with Crippen molar-refractivity contribution in [2.75, 3.05) is 18.6 Å². The van der Waals surface area contributed by atoms with Crippen LogP contribution in [0.15, 0.2) is 18.2 Å². The number of carboxylic acid groups (broad SMARTS) is 1. The highest BCUT2D eigenvalue weighted by molar-refractivity contribution is 5.98. The predicted octanol–water partition coefficient (Wildman–Crippen LogP) is 0.980. The number of carbonyl (C=O) groups excluding carboxylic acids is 3. The molecule has 2 heterocycles. The quantitative estimate of drug-likeness (QED) is 0.383. The van der Waals surface area contributed by atoms with Crippen LogP contribution in [0.4, 0.5) is 10.5 Å². The first-order valence-electron chi connectivity index (χ1n) is 10.8. The first kappa shape index (κ1) is 24.3. The summed E-state index contributed by atoms with van der Waals surface area (Å²) >= 11 is 0. The zero-order valence-electron chi connectivity index (χ0n) is 18.9. The number of carbonyl (C=O) groups is 4. The van der Waals surface area contributed by atoms with E-state index >= 15 is 0 Å². The largest absolute Gasteiger partial charge is 0.480 e. The van der Waals surface area contributed by atoms with Gasteiger partial charge in [0.25, 0.3) is 5.91 Å². The number of aliphatic carboxylic acids is 1. The van der Waals surface area contributed by atoms with E-state index in [4.69, 9.17) is 9.47 Å². The van der Waals surface area contributed by atoms with Gasteiger partial charge in [0.15, 0.2) is 6.10 Å². The lowest BCUT2D eigenvalue weighted by Gasteiger charge is -2.27. The van der Waals surface area contributed by atoms with Gasteiger partial charge in [-0.3, -0.25) is 14.9 Å². The number of carboxylic acids is 1. The van der Waals surface area contributed by atoms with Crippen molar-refractivity contribution in [3.05, 3.63) is 23.8 Å². The molecule has 2 aliphatic rings. The Morgan fingerprint density at radius 2 is 2.00 bits per heavy atom. The molecule has 3 amide bonds. The van der Waals surface area contributed by atoms with Gasteiger partial charge in [0.2, 0.25) is 5.91 Å². The van der Waals surface area contributed by atoms with Crippen molar-refractivity contribution in [3.63, 3.8) is 0 Å². The van der Waals surface area contributed by atoms with Crippen LogP contribution in [0.25, 0.3) is 0 Å². The van der Waals surface area contributed by atoms with Crippen LogP contribution in [0.2, 0.25) is 0 Å². The Hall–Kier alpha value is -3.34. The summed E-state index contributed by atoms with van der Waals surface area (Å²) in [6, 6.07) is 3.40. The lowest BCUT2D eigenvalue weighted by Crippen LogP contribution is -2.43. The van der Waals surface area contributed by atoms with E-state index in [1.807, 2.05) is 20.8 Å². The third-order valence-corrected chi connectivity index (χ3v) is 5.17. The van der Waals surface area contributed by atoms with E-state index in [1.165, 1.54) is 0 Å². The fraction of sp³-hybridized carbons (Fsp3) is 0.545.